The van der Waals surface area contributed by atoms with Gasteiger partial charge in [0, 0.05) is 30.6 Å². The lowest BCUT2D eigenvalue weighted by Gasteiger charge is -2.17. The Morgan fingerprint density at radius 2 is 2.26 bits per heavy atom. The van der Waals surface area contributed by atoms with E-state index in [-0.39, 0.29) is 24.4 Å². The third-order valence-electron chi connectivity index (χ3n) is 2.89. The monoisotopic (exact) mass is 286 g/mol. The van der Waals surface area contributed by atoms with E-state index in [1.54, 1.807) is 0 Å². The molecule has 2 rings (SSSR count). The summed E-state index contributed by atoms with van der Waals surface area (Å²) in [5.74, 6) is -1.64. The molecule has 1 aliphatic heterocycles. The zero-order valence-electron chi connectivity index (χ0n) is 9.82. The number of hydrogen-bond acceptors (Lipinski definition) is 5. The molecule has 2 heterocycles. The minimum atomic E-state index is -4.62. The van der Waals surface area contributed by atoms with E-state index >= 15 is 0 Å². The van der Waals surface area contributed by atoms with Crippen LogP contribution in [-0.2, 0) is 15.0 Å². The first-order valence-corrected chi connectivity index (χ1v) is 7.08. The second-order valence-electron chi connectivity index (χ2n) is 4.33. The molecule has 1 aromatic heterocycles. The Bertz CT molecular complexity index is 617. The van der Waals surface area contributed by atoms with Gasteiger partial charge >= 0.3 is 10.2 Å². The van der Waals surface area contributed by atoms with Gasteiger partial charge in [-0.2, -0.15) is 8.42 Å². The molecule has 1 aromatic rings. The average Bonchev–Trinajstić information content (AvgIpc) is 2.67. The van der Waals surface area contributed by atoms with Gasteiger partial charge < -0.3 is 4.90 Å². The molecular formula is C11H11FN2O4S. The number of carbonyl (C=O) groups excluding carboxylic acids is 2. The molecule has 0 saturated carbocycles. The SMILES string of the molecule is O=Cc1ccncc1N1CC(CS(=O)(=O)F)CC1=O. The molecule has 1 atom stereocenters. The summed E-state index contributed by atoms with van der Waals surface area (Å²) in [4.78, 5) is 27.8. The number of rotatable bonds is 4. The summed E-state index contributed by atoms with van der Waals surface area (Å²) in [5, 5.41) is 0. The van der Waals surface area contributed by atoms with Gasteiger partial charge in [0.15, 0.2) is 6.29 Å². The number of halogens is 1. The first-order chi connectivity index (χ1) is 8.90. The Labute approximate surface area is 109 Å². The fourth-order valence-electron chi connectivity index (χ4n) is 2.13. The van der Waals surface area contributed by atoms with Crippen molar-refractivity contribution >= 4 is 28.1 Å². The lowest BCUT2D eigenvalue weighted by atomic mass is 10.1. The third-order valence-corrected chi connectivity index (χ3v) is 3.76. The molecule has 102 valence electrons. The number of anilines is 1. The lowest BCUT2D eigenvalue weighted by molar-refractivity contribution is -0.117. The highest BCUT2D eigenvalue weighted by Gasteiger charge is 2.34. The van der Waals surface area contributed by atoms with Crippen LogP contribution in [0.4, 0.5) is 9.57 Å². The molecule has 0 bridgehead atoms. The minimum absolute atomic E-state index is 0.0592. The van der Waals surface area contributed by atoms with Crippen molar-refractivity contribution in [2.24, 2.45) is 5.92 Å². The largest absolute Gasteiger partial charge is 0.310 e. The van der Waals surface area contributed by atoms with Gasteiger partial charge in [0.2, 0.25) is 5.91 Å². The standard InChI is InChI=1S/C11H11FN2O4S/c12-19(17,18)7-8-3-11(16)14(5-8)10-4-13-2-1-9(10)6-15/h1-2,4,6,8H,3,5,7H2. The van der Waals surface area contributed by atoms with E-state index in [4.69, 9.17) is 0 Å². The maximum atomic E-state index is 12.6. The number of aldehydes is 1. The predicted octanol–water partition coefficient (Wildman–Crippen LogP) is 0.546. The molecule has 0 radical (unpaired) electrons. The van der Waals surface area contributed by atoms with Crippen LogP contribution in [0.5, 0.6) is 0 Å². The number of pyridine rings is 1. The van der Waals surface area contributed by atoms with Crippen LogP contribution in [0.3, 0.4) is 0 Å². The van der Waals surface area contributed by atoms with Gasteiger partial charge in [-0.3, -0.25) is 14.6 Å². The van der Waals surface area contributed by atoms with Crippen LogP contribution in [0.15, 0.2) is 18.5 Å². The number of hydrogen-bond donors (Lipinski definition) is 0. The van der Waals surface area contributed by atoms with E-state index in [9.17, 15) is 21.9 Å². The molecule has 8 heteroatoms. The van der Waals surface area contributed by atoms with Gasteiger partial charge in [-0.1, -0.05) is 0 Å². The lowest BCUT2D eigenvalue weighted by Crippen LogP contribution is -2.26. The van der Waals surface area contributed by atoms with Crippen molar-refractivity contribution in [3.8, 4) is 0 Å². The predicted molar refractivity (Wildman–Crippen MR) is 65.0 cm³/mol. The van der Waals surface area contributed by atoms with Crippen LogP contribution in [0.2, 0.25) is 0 Å². The van der Waals surface area contributed by atoms with Crippen molar-refractivity contribution in [1.29, 1.82) is 0 Å². The summed E-state index contributed by atoms with van der Waals surface area (Å²) in [6, 6.07) is 1.45. The molecule has 1 fully saturated rings. The second kappa shape index (κ2) is 5.04. The minimum Gasteiger partial charge on any atom is -0.310 e. The van der Waals surface area contributed by atoms with Gasteiger partial charge in [-0.25, -0.2) is 0 Å². The van der Waals surface area contributed by atoms with Gasteiger partial charge in [-0.15, -0.1) is 3.89 Å². The molecule has 1 saturated heterocycles. The Hall–Kier alpha value is -1.83. The molecule has 0 aliphatic carbocycles. The number of amides is 1. The number of nitrogens with zero attached hydrogens (tertiary/aromatic N) is 2. The van der Waals surface area contributed by atoms with Gasteiger partial charge in [0.25, 0.3) is 0 Å². The molecular weight excluding hydrogens is 275 g/mol. The fraction of sp³-hybridized carbons (Fsp3) is 0.364. The normalized spacial score (nSPS) is 19.7. The smallest absolute Gasteiger partial charge is 0.302 e. The Morgan fingerprint density at radius 1 is 1.53 bits per heavy atom. The van der Waals surface area contributed by atoms with Crippen LogP contribution in [0, 0.1) is 5.92 Å². The van der Waals surface area contributed by atoms with E-state index in [0.717, 1.165) is 0 Å². The molecule has 0 spiro atoms. The van der Waals surface area contributed by atoms with E-state index in [2.05, 4.69) is 4.98 Å². The molecule has 19 heavy (non-hydrogen) atoms. The summed E-state index contributed by atoms with van der Waals surface area (Å²) >= 11 is 0. The maximum Gasteiger partial charge on any atom is 0.302 e. The van der Waals surface area contributed by atoms with Gasteiger partial charge in [0.1, 0.15) is 0 Å². The highest BCUT2D eigenvalue weighted by molar-refractivity contribution is 7.86. The maximum absolute atomic E-state index is 12.6. The zero-order valence-corrected chi connectivity index (χ0v) is 10.6. The third kappa shape index (κ3) is 3.14. The fourth-order valence-corrected chi connectivity index (χ4v) is 2.92. The van der Waals surface area contributed by atoms with E-state index in [0.29, 0.717) is 12.0 Å². The Kier molecular flexibility index (Phi) is 3.61. The van der Waals surface area contributed by atoms with Gasteiger partial charge in [0.05, 0.1) is 17.6 Å². The van der Waals surface area contributed by atoms with Crippen molar-refractivity contribution < 1.29 is 21.9 Å². The molecule has 1 amide bonds. The van der Waals surface area contributed by atoms with Crippen LogP contribution in [-0.4, -0.2) is 37.9 Å². The van der Waals surface area contributed by atoms with Crippen LogP contribution < -0.4 is 4.90 Å². The highest BCUT2D eigenvalue weighted by atomic mass is 32.3. The first-order valence-electron chi connectivity index (χ1n) is 5.52. The Morgan fingerprint density at radius 3 is 2.89 bits per heavy atom. The molecule has 0 N–H and O–H groups in total. The first kappa shape index (κ1) is 13.6. The zero-order chi connectivity index (χ0) is 14.0. The van der Waals surface area contributed by atoms with Crippen molar-refractivity contribution in [3.63, 3.8) is 0 Å². The number of aromatic nitrogens is 1. The van der Waals surface area contributed by atoms with E-state index in [1.165, 1.54) is 23.4 Å². The van der Waals surface area contributed by atoms with Crippen molar-refractivity contribution in [1.82, 2.24) is 4.98 Å². The highest BCUT2D eigenvalue weighted by Crippen LogP contribution is 2.27. The van der Waals surface area contributed by atoms with Crippen molar-refractivity contribution in [3.05, 3.63) is 24.0 Å². The van der Waals surface area contributed by atoms with E-state index < -0.39 is 21.9 Å². The summed E-state index contributed by atoms with van der Waals surface area (Å²) in [6.07, 6.45) is 3.30. The van der Waals surface area contributed by atoms with Crippen LogP contribution >= 0.6 is 0 Å². The van der Waals surface area contributed by atoms with Crippen molar-refractivity contribution in [2.45, 2.75) is 6.42 Å². The molecule has 1 aliphatic rings. The average molecular weight is 286 g/mol. The van der Waals surface area contributed by atoms with Gasteiger partial charge in [-0.05, 0) is 6.07 Å². The summed E-state index contributed by atoms with van der Waals surface area (Å²) < 4.78 is 33.8. The molecule has 1 unspecified atom stereocenters. The van der Waals surface area contributed by atoms with E-state index in [1.807, 2.05) is 0 Å². The summed E-state index contributed by atoms with van der Waals surface area (Å²) in [7, 11) is -4.62. The summed E-state index contributed by atoms with van der Waals surface area (Å²) in [5.41, 5.74) is 0.605. The molecule has 6 nitrogen and oxygen atoms in total. The van der Waals surface area contributed by atoms with Crippen LogP contribution in [0.1, 0.15) is 16.8 Å². The Balaban J connectivity index is 2.23. The number of carbonyl (C=O) groups is 2. The topological polar surface area (TPSA) is 84.4 Å². The molecule has 0 aromatic carbocycles. The quantitative estimate of drug-likeness (QED) is 0.596. The van der Waals surface area contributed by atoms with Crippen LogP contribution in [0.25, 0.3) is 0 Å². The van der Waals surface area contributed by atoms with Crippen molar-refractivity contribution in [2.75, 3.05) is 17.2 Å². The summed E-state index contributed by atoms with van der Waals surface area (Å²) in [6.45, 7) is 0.0640. The second-order valence-corrected chi connectivity index (χ2v) is 5.74.